The molecule has 118 valence electrons. The average Bonchev–Trinajstić information content (AvgIpc) is 2.85. The van der Waals surface area contributed by atoms with Gasteiger partial charge in [-0.15, -0.1) is 12.4 Å². The summed E-state index contributed by atoms with van der Waals surface area (Å²) < 4.78 is 2.40. The van der Waals surface area contributed by atoms with Crippen LogP contribution in [0.4, 0.5) is 0 Å². The van der Waals surface area contributed by atoms with E-state index >= 15 is 0 Å². The number of aryl methyl sites for hydroxylation is 1. The van der Waals surface area contributed by atoms with Crippen LogP contribution in [0.5, 0.6) is 0 Å². The van der Waals surface area contributed by atoms with E-state index < -0.39 is 0 Å². The number of hydrogen-bond acceptors (Lipinski definition) is 1. The van der Waals surface area contributed by atoms with Crippen LogP contribution in [0.1, 0.15) is 32.3 Å². The van der Waals surface area contributed by atoms with Gasteiger partial charge in [0.15, 0.2) is 0 Å². The zero-order valence-electron chi connectivity index (χ0n) is 13.4. The smallest absolute Gasteiger partial charge is 0.0491 e. The molecule has 0 atom stereocenters. The van der Waals surface area contributed by atoms with Crippen LogP contribution in [0.2, 0.25) is 0 Å². The molecule has 2 aromatic carbocycles. The molecule has 1 heterocycles. The van der Waals surface area contributed by atoms with Crippen LogP contribution in [0.3, 0.4) is 0 Å². The molecule has 0 aliphatic heterocycles. The van der Waals surface area contributed by atoms with Gasteiger partial charge in [-0.25, -0.2) is 0 Å². The minimum atomic E-state index is 0. The van der Waals surface area contributed by atoms with Crippen LogP contribution >= 0.6 is 12.4 Å². The third-order valence-electron chi connectivity index (χ3n) is 4.19. The number of halogens is 1. The Morgan fingerprint density at radius 3 is 2.50 bits per heavy atom. The maximum absolute atomic E-state index is 3.53. The van der Waals surface area contributed by atoms with Crippen molar-refractivity contribution in [3.63, 3.8) is 0 Å². The maximum atomic E-state index is 3.53. The molecule has 0 saturated heterocycles. The maximum Gasteiger partial charge on any atom is 0.0491 e. The number of hydrogen-bond donors (Lipinski definition) is 1. The molecule has 0 amide bonds. The first kappa shape index (κ1) is 16.9. The number of benzene rings is 2. The molecule has 0 spiro atoms. The fraction of sp³-hybridized carbons (Fsp3) is 0.368. The van der Waals surface area contributed by atoms with E-state index in [-0.39, 0.29) is 12.4 Å². The largest absolute Gasteiger partial charge is 0.341 e. The number of fused-ring (bicyclic) bond motifs is 3. The zero-order valence-corrected chi connectivity index (χ0v) is 14.2. The van der Waals surface area contributed by atoms with Crippen LogP contribution in [0.15, 0.2) is 42.5 Å². The number of aromatic nitrogens is 1. The summed E-state index contributed by atoms with van der Waals surface area (Å²) >= 11 is 0. The fourth-order valence-corrected chi connectivity index (χ4v) is 3.09. The van der Waals surface area contributed by atoms with Gasteiger partial charge in [-0.1, -0.05) is 37.6 Å². The molecular formula is C19H25ClN2. The summed E-state index contributed by atoms with van der Waals surface area (Å²) in [7, 11) is 0. The zero-order chi connectivity index (χ0) is 14.7. The van der Waals surface area contributed by atoms with Gasteiger partial charge in [0, 0.05) is 34.9 Å². The Bertz CT molecular complexity index is 746. The van der Waals surface area contributed by atoms with Gasteiger partial charge in [-0.05, 0) is 43.7 Å². The first-order chi connectivity index (χ1) is 10.3. The van der Waals surface area contributed by atoms with Crippen LogP contribution < -0.4 is 5.32 Å². The van der Waals surface area contributed by atoms with Crippen molar-refractivity contribution in [2.45, 2.75) is 39.8 Å². The van der Waals surface area contributed by atoms with Gasteiger partial charge in [0.05, 0.1) is 0 Å². The Hall–Kier alpha value is -1.51. The van der Waals surface area contributed by atoms with Crippen LogP contribution in [0, 0.1) is 0 Å². The van der Waals surface area contributed by atoms with E-state index in [2.05, 4.69) is 66.2 Å². The van der Waals surface area contributed by atoms with Crippen molar-refractivity contribution in [2.75, 3.05) is 6.54 Å². The SMILES string of the molecule is CCCCNCc1ccc2c(c1)c1ccccc1n2CC.Cl. The van der Waals surface area contributed by atoms with E-state index in [1.165, 1.54) is 40.2 Å². The quantitative estimate of drug-likeness (QED) is 0.624. The molecule has 0 radical (unpaired) electrons. The highest BCUT2D eigenvalue weighted by atomic mass is 35.5. The van der Waals surface area contributed by atoms with Gasteiger partial charge in [0.1, 0.15) is 0 Å². The Balaban J connectivity index is 0.00000176. The van der Waals surface area contributed by atoms with Crippen molar-refractivity contribution in [2.24, 2.45) is 0 Å². The molecular weight excluding hydrogens is 292 g/mol. The molecule has 3 aromatic rings. The van der Waals surface area contributed by atoms with E-state index in [0.29, 0.717) is 0 Å². The molecule has 3 heteroatoms. The second kappa shape index (κ2) is 7.66. The summed E-state index contributed by atoms with van der Waals surface area (Å²) in [6, 6.07) is 15.6. The van der Waals surface area contributed by atoms with Gasteiger partial charge in [0.25, 0.3) is 0 Å². The molecule has 0 aliphatic rings. The van der Waals surface area contributed by atoms with Gasteiger partial charge in [-0.3, -0.25) is 0 Å². The summed E-state index contributed by atoms with van der Waals surface area (Å²) in [4.78, 5) is 0. The van der Waals surface area contributed by atoms with E-state index in [4.69, 9.17) is 0 Å². The van der Waals surface area contributed by atoms with E-state index in [1.807, 2.05) is 0 Å². The second-order valence-electron chi connectivity index (χ2n) is 5.64. The highest BCUT2D eigenvalue weighted by molar-refractivity contribution is 6.08. The predicted octanol–water partition coefficient (Wildman–Crippen LogP) is 5.13. The van der Waals surface area contributed by atoms with Crippen molar-refractivity contribution in [3.8, 4) is 0 Å². The molecule has 0 fully saturated rings. The molecule has 0 aliphatic carbocycles. The van der Waals surface area contributed by atoms with Crippen molar-refractivity contribution in [3.05, 3.63) is 48.0 Å². The molecule has 22 heavy (non-hydrogen) atoms. The van der Waals surface area contributed by atoms with Gasteiger partial charge < -0.3 is 9.88 Å². The first-order valence-corrected chi connectivity index (χ1v) is 8.05. The molecule has 0 unspecified atom stereocenters. The third kappa shape index (κ3) is 3.13. The highest BCUT2D eigenvalue weighted by Gasteiger charge is 2.09. The van der Waals surface area contributed by atoms with Crippen molar-refractivity contribution >= 4 is 34.2 Å². The van der Waals surface area contributed by atoms with E-state index in [0.717, 1.165) is 19.6 Å². The second-order valence-corrected chi connectivity index (χ2v) is 5.64. The van der Waals surface area contributed by atoms with Gasteiger partial charge >= 0.3 is 0 Å². The summed E-state index contributed by atoms with van der Waals surface area (Å²) in [6.45, 7) is 7.52. The molecule has 1 aromatic heterocycles. The summed E-state index contributed by atoms with van der Waals surface area (Å²) in [5.41, 5.74) is 4.06. The van der Waals surface area contributed by atoms with Gasteiger partial charge in [0.2, 0.25) is 0 Å². The average molecular weight is 317 g/mol. The number of para-hydroxylation sites is 1. The number of rotatable bonds is 6. The lowest BCUT2D eigenvalue weighted by molar-refractivity contribution is 0.642. The number of nitrogens with zero attached hydrogens (tertiary/aromatic N) is 1. The number of unbranched alkanes of at least 4 members (excludes halogenated alkanes) is 1. The molecule has 2 nitrogen and oxygen atoms in total. The Labute approximate surface area is 138 Å². The molecule has 3 rings (SSSR count). The molecule has 0 bridgehead atoms. The monoisotopic (exact) mass is 316 g/mol. The molecule has 0 saturated carbocycles. The van der Waals surface area contributed by atoms with E-state index in [1.54, 1.807) is 0 Å². The fourth-order valence-electron chi connectivity index (χ4n) is 3.09. The summed E-state index contributed by atoms with van der Waals surface area (Å²) in [5, 5.41) is 6.27. The third-order valence-corrected chi connectivity index (χ3v) is 4.19. The first-order valence-electron chi connectivity index (χ1n) is 8.05. The topological polar surface area (TPSA) is 17.0 Å². The standard InChI is InChI=1S/C19H24N2.ClH/c1-3-5-12-20-14-15-10-11-19-17(13-15)16-8-6-7-9-18(16)21(19)4-2;/h6-11,13,20H,3-5,12,14H2,1-2H3;1H. The van der Waals surface area contributed by atoms with Crippen LogP contribution in [-0.4, -0.2) is 11.1 Å². The number of nitrogens with one attached hydrogen (secondary N) is 1. The normalized spacial score (nSPS) is 11.0. The Kier molecular flexibility index (Phi) is 5.87. The minimum Gasteiger partial charge on any atom is -0.341 e. The van der Waals surface area contributed by atoms with E-state index in [9.17, 15) is 0 Å². The molecule has 1 N–H and O–H groups in total. The van der Waals surface area contributed by atoms with Crippen molar-refractivity contribution < 1.29 is 0 Å². The summed E-state index contributed by atoms with van der Waals surface area (Å²) in [6.07, 6.45) is 2.49. The minimum absolute atomic E-state index is 0. The van der Waals surface area contributed by atoms with Gasteiger partial charge in [-0.2, -0.15) is 0 Å². The lowest BCUT2D eigenvalue weighted by Crippen LogP contribution is -2.14. The highest BCUT2D eigenvalue weighted by Crippen LogP contribution is 2.29. The van der Waals surface area contributed by atoms with Crippen LogP contribution in [0.25, 0.3) is 21.8 Å². The lowest BCUT2D eigenvalue weighted by atomic mass is 10.1. The Morgan fingerprint density at radius 2 is 1.73 bits per heavy atom. The van der Waals surface area contributed by atoms with Crippen molar-refractivity contribution in [1.82, 2.24) is 9.88 Å². The van der Waals surface area contributed by atoms with Crippen LogP contribution in [-0.2, 0) is 13.1 Å². The Morgan fingerprint density at radius 1 is 0.955 bits per heavy atom. The summed E-state index contributed by atoms with van der Waals surface area (Å²) in [5.74, 6) is 0. The predicted molar refractivity (Wildman–Crippen MR) is 99.0 cm³/mol. The lowest BCUT2D eigenvalue weighted by Gasteiger charge is -2.06. The van der Waals surface area contributed by atoms with Crippen molar-refractivity contribution in [1.29, 1.82) is 0 Å².